The van der Waals surface area contributed by atoms with Gasteiger partial charge in [0.05, 0.1) is 0 Å². The minimum Gasteiger partial charge on any atom is -0.477 e. The Morgan fingerprint density at radius 1 is 1.57 bits per heavy atom. The standard InChI is InChI=1S/C13H20N2O4S2/c1-9(20-2)5-6-14-21(18,19)11-7-12(13(16)17)15(8-11)10-3-4-10/h7-10,14H,3-6H2,1-2H3,(H,16,17). The van der Waals surface area contributed by atoms with Crippen LogP contribution in [-0.2, 0) is 10.0 Å². The molecule has 0 spiro atoms. The number of thioether (sulfide) groups is 1. The lowest BCUT2D eigenvalue weighted by Crippen LogP contribution is -2.26. The summed E-state index contributed by atoms with van der Waals surface area (Å²) >= 11 is 1.68. The first-order chi connectivity index (χ1) is 9.85. The van der Waals surface area contributed by atoms with Gasteiger partial charge in [0.15, 0.2) is 0 Å². The molecule has 21 heavy (non-hydrogen) atoms. The monoisotopic (exact) mass is 332 g/mol. The molecule has 1 atom stereocenters. The number of carboxylic acids is 1. The van der Waals surface area contributed by atoms with Crippen LogP contribution in [0.1, 0.15) is 42.7 Å². The minimum atomic E-state index is -3.65. The van der Waals surface area contributed by atoms with E-state index in [-0.39, 0.29) is 16.6 Å². The van der Waals surface area contributed by atoms with Crippen molar-refractivity contribution < 1.29 is 18.3 Å². The third kappa shape index (κ3) is 4.02. The molecule has 0 aliphatic heterocycles. The molecule has 1 unspecified atom stereocenters. The van der Waals surface area contributed by atoms with E-state index < -0.39 is 16.0 Å². The van der Waals surface area contributed by atoms with Gasteiger partial charge in [0, 0.05) is 24.0 Å². The lowest BCUT2D eigenvalue weighted by atomic mass is 10.3. The van der Waals surface area contributed by atoms with E-state index in [0.29, 0.717) is 11.8 Å². The van der Waals surface area contributed by atoms with Crippen molar-refractivity contribution in [1.29, 1.82) is 0 Å². The summed E-state index contributed by atoms with van der Waals surface area (Å²) in [4.78, 5) is 11.2. The van der Waals surface area contributed by atoms with E-state index >= 15 is 0 Å². The van der Waals surface area contributed by atoms with E-state index in [9.17, 15) is 13.2 Å². The van der Waals surface area contributed by atoms with Gasteiger partial charge in [-0.2, -0.15) is 11.8 Å². The third-order valence-corrected chi connectivity index (χ3v) is 6.01. The second-order valence-electron chi connectivity index (χ2n) is 5.24. The second-order valence-corrected chi connectivity index (χ2v) is 8.28. The van der Waals surface area contributed by atoms with E-state index in [1.54, 1.807) is 16.3 Å². The second kappa shape index (κ2) is 6.41. The summed E-state index contributed by atoms with van der Waals surface area (Å²) in [6.07, 6.45) is 5.94. The average molecular weight is 332 g/mol. The highest BCUT2D eigenvalue weighted by Gasteiger charge is 2.30. The van der Waals surface area contributed by atoms with Crippen molar-refractivity contribution in [2.24, 2.45) is 0 Å². The number of carboxylic acid groups (broad SMARTS) is 1. The molecule has 0 amide bonds. The number of nitrogens with one attached hydrogen (secondary N) is 1. The third-order valence-electron chi connectivity index (χ3n) is 3.54. The van der Waals surface area contributed by atoms with Crippen molar-refractivity contribution in [3.05, 3.63) is 18.0 Å². The van der Waals surface area contributed by atoms with Gasteiger partial charge in [-0.15, -0.1) is 0 Å². The van der Waals surface area contributed by atoms with Crippen LogP contribution in [0.4, 0.5) is 0 Å². The van der Waals surface area contributed by atoms with Gasteiger partial charge in [0.1, 0.15) is 10.6 Å². The summed E-state index contributed by atoms with van der Waals surface area (Å²) < 4.78 is 28.5. The lowest BCUT2D eigenvalue weighted by Gasteiger charge is -2.08. The molecule has 2 N–H and O–H groups in total. The Kier molecular flexibility index (Phi) is 5.00. The van der Waals surface area contributed by atoms with Crippen molar-refractivity contribution in [3.8, 4) is 0 Å². The molecule has 8 heteroatoms. The molecule has 1 aliphatic rings. The number of aromatic nitrogens is 1. The Morgan fingerprint density at radius 2 is 2.24 bits per heavy atom. The molecular weight excluding hydrogens is 312 g/mol. The Balaban J connectivity index is 2.12. The van der Waals surface area contributed by atoms with Crippen LogP contribution in [-0.4, -0.2) is 42.1 Å². The maximum Gasteiger partial charge on any atom is 0.352 e. The maximum absolute atomic E-state index is 12.2. The van der Waals surface area contributed by atoms with Crippen LogP contribution in [0.3, 0.4) is 0 Å². The number of carbonyl (C=O) groups is 1. The summed E-state index contributed by atoms with van der Waals surface area (Å²) in [5.74, 6) is -1.10. The maximum atomic E-state index is 12.2. The molecule has 1 aromatic heterocycles. The fraction of sp³-hybridized carbons (Fsp3) is 0.615. The molecular formula is C13H20N2O4S2. The Bertz CT molecular complexity index is 620. The molecule has 118 valence electrons. The number of nitrogens with zero attached hydrogens (tertiary/aromatic N) is 1. The summed E-state index contributed by atoms with van der Waals surface area (Å²) in [6.45, 7) is 2.38. The van der Waals surface area contributed by atoms with Crippen LogP contribution >= 0.6 is 11.8 Å². The first-order valence-corrected chi connectivity index (χ1v) is 9.60. The summed E-state index contributed by atoms with van der Waals surface area (Å²) in [7, 11) is -3.65. The number of rotatable bonds is 8. The molecule has 1 aromatic rings. The fourth-order valence-corrected chi connectivity index (χ4v) is 3.45. The molecule has 6 nitrogen and oxygen atoms in total. The summed E-state index contributed by atoms with van der Waals surface area (Å²) in [5, 5.41) is 9.54. The van der Waals surface area contributed by atoms with Crippen LogP contribution in [0.25, 0.3) is 0 Å². The number of hydrogen-bond acceptors (Lipinski definition) is 4. The predicted octanol–water partition coefficient (Wildman–Crippen LogP) is 1.94. The number of hydrogen-bond donors (Lipinski definition) is 2. The lowest BCUT2D eigenvalue weighted by molar-refractivity contribution is 0.0685. The molecule has 1 aliphatic carbocycles. The molecule has 2 rings (SSSR count). The molecule has 0 aromatic carbocycles. The van der Waals surface area contributed by atoms with Crippen LogP contribution in [0.15, 0.2) is 17.2 Å². The predicted molar refractivity (Wildman–Crippen MR) is 82.4 cm³/mol. The Hall–Kier alpha value is -0.990. The van der Waals surface area contributed by atoms with Crippen LogP contribution in [0.2, 0.25) is 0 Å². The topological polar surface area (TPSA) is 88.4 Å². The fourth-order valence-electron chi connectivity index (χ4n) is 2.02. The van der Waals surface area contributed by atoms with Gasteiger partial charge in [-0.25, -0.2) is 17.9 Å². The molecule has 1 saturated carbocycles. The Labute approximate surface area is 129 Å². The van der Waals surface area contributed by atoms with E-state index in [0.717, 1.165) is 19.3 Å². The van der Waals surface area contributed by atoms with E-state index in [1.165, 1.54) is 12.3 Å². The summed E-state index contributed by atoms with van der Waals surface area (Å²) in [5.41, 5.74) is 0.0374. The van der Waals surface area contributed by atoms with Crippen LogP contribution in [0.5, 0.6) is 0 Å². The van der Waals surface area contributed by atoms with Crippen molar-refractivity contribution in [2.45, 2.75) is 42.4 Å². The largest absolute Gasteiger partial charge is 0.477 e. The smallest absolute Gasteiger partial charge is 0.352 e. The number of sulfonamides is 1. The molecule has 0 bridgehead atoms. The zero-order valence-electron chi connectivity index (χ0n) is 12.1. The summed E-state index contributed by atoms with van der Waals surface area (Å²) in [6, 6.07) is 1.36. The van der Waals surface area contributed by atoms with Crippen molar-refractivity contribution in [1.82, 2.24) is 9.29 Å². The van der Waals surface area contributed by atoms with Gasteiger partial charge in [0.25, 0.3) is 0 Å². The van der Waals surface area contributed by atoms with Gasteiger partial charge in [-0.1, -0.05) is 6.92 Å². The first kappa shape index (κ1) is 16.4. The van der Waals surface area contributed by atoms with Crippen LogP contribution < -0.4 is 4.72 Å². The van der Waals surface area contributed by atoms with Gasteiger partial charge >= 0.3 is 5.97 Å². The zero-order chi connectivity index (χ0) is 15.6. The Morgan fingerprint density at radius 3 is 2.76 bits per heavy atom. The highest BCUT2D eigenvalue weighted by Crippen LogP contribution is 2.37. The van der Waals surface area contributed by atoms with Gasteiger partial charge in [0.2, 0.25) is 10.0 Å². The highest BCUT2D eigenvalue weighted by molar-refractivity contribution is 7.99. The minimum absolute atomic E-state index is 0.0311. The molecule has 1 heterocycles. The van der Waals surface area contributed by atoms with Crippen molar-refractivity contribution >= 4 is 27.8 Å². The van der Waals surface area contributed by atoms with Crippen LogP contribution in [0, 0.1) is 0 Å². The first-order valence-electron chi connectivity index (χ1n) is 6.82. The van der Waals surface area contributed by atoms with E-state index in [2.05, 4.69) is 4.72 Å². The molecule has 0 saturated heterocycles. The van der Waals surface area contributed by atoms with E-state index in [1.807, 2.05) is 13.2 Å². The normalized spacial score (nSPS) is 16.9. The zero-order valence-corrected chi connectivity index (χ0v) is 13.7. The van der Waals surface area contributed by atoms with Gasteiger partial charge in [-0.05, 0) is 31.6 Å². The molecule has 0 radical (unpaired) electrons. The van der Waals surface area contributed by atoms with E-state index in [4.69, 9.17) is 5.11 Å². The van der Waals surface area contributed by atoms with Crippen molar-refractivity contribution in [3.63, 3.8) is 0 Å². The van der Waals surface area contributed by atoms with Gasteiger partial charge in [-0.3, -0.25) is 0 Å². The molecule has 1 fully saturated rings. The SMILES string of the molecule is CSC(C)CCNS(=O)(=O)c1cc(C(=O)O)n(C2CC2)c1. The highest BCUT2D eigenvalue weighted by atomic mass is 32.2. The quantitative estimate of drug-likeness (QED) is 0.759. The number of aromatic carboxylic acids is 1. The van der Waals surface area contributed by atoms with Gasteiger partial charge < -0.3 is 9.67 Å². The van der Waals surface area contributed by atoms with Crippen molar-refractivity contribution in [2.75, 3.05) is 12.8 Å². The average Bonchev–Trinajstić information content (AvgIpc) is 3.15.